The van der Waals surface area contributed by atoms with Crippen LogP contribution in [0.2, 0.25) is 0 Å². The molecule has 0 saturated carbocycles. The second-order valence-electron chi connectivity index (χ2n) is 6.09. The summed E-state index contributed by atoms with van der Waals surface area (Å²) in [4.78, 5) is 4.69. The Labute approximate surface area is 167 Å². The zero-order valence-electron chi connectivity index (χ0n) is 17.0. The van der Waals surface area contributed by atoms with E-state index in [-0.39, 0.29) is 0 Å². The van der Waals surface area contributed by atoms with Crippen molar-refractivity contribution in [3.63, 3.8) is 0 Å². The summed E-state index contributed by atoms with van der Waals surface area (Å²) < 4.78 is 21.4. The van der Waals surface area contributed by atoms with Gasteiger partial charge in [-0.25, -0.2) is 4.99 Å². The van der Waals surface area contributed by atoms with E-state index in [1.165, 1.54) is 0 Å². The van der Waals surface area contributed by atoms with E-state index < -0.39 is 0 Å². The minimum atomic E-state index is 0.530. The van der Waals surface area contributed by atoms with Crippen LogP contribution in [0.5, 0.6) is 11.5 Å². The van der Waals surface area contributed by atoms with Gasteiger partial charge in [0.05, 0.1) is 27.0 Å². The van der Waals surface area contributed by atoms with Crippen molar-refractivity contribution < 1.29 is 18.6 Å². The third-order valence-corrected chi connectivity index (χ3v) is 4.07. The van der Waals surface area contributed by atoms with Crippen molar-refractivity contribution in [2.75, 3.05) is 40.5 Å². The van der Waals surface area contributed by atoms with Gasteiger partial charge in [0.25, 0.3) is 0 Å². The lowest BCUT2D eigenvalue weighted by Crippen LogP contribution is -2.39. The first-order valence-corrected chi connectivity index (χ1v) is 9.60. The summed E-state index contributed by atoms with van der Waals surface area (Å²) in [7, 11) is 3.26. The molecule has 1 aromatic carbocycles. The summed E-state index contributed by atoms with van der Waals surface area (Å²) in [6, 6.07) is 9.69. The Hall–Kier alpha value is -2.67. The second kappa shape index (κ2) is 12.7. The molecule has 1 heterocycles. The van der Waals surface area contributed by atoms with Crippen LogP contribution in [0.1, 0.15) is 24.7 Å². The van der Waals surface area contributed by atoms with Gasteiger partial charge >= 0.3 is 0 Å². The molecule has 0 saturated heterocycles. The van der Waals surface area contributed by atoms with Crippen molar-refractivity contribution in [1.29, 1.82) is 0 Å². The number of methoxy groups -OCH3 is 2. The zero-order chi connectivity index (χ0) is 20.0. The summed E-state index contributed by atoms with van der Waals surface area (Å²) in [6.07, 6.45) is 3.40. The van der Waals surface area contributed by atoms with Crippen molar-refractivity contribution in [1.82, 2.24) is 10.6 Å². The Morgan fingerprint density at radius 1 is 1.07 bits per heavy atom. The molecule has 0 spiro atoms. The summed E-state index contributed by atoms with van der Waals surface area (Å²) in [5.74, 6) is 3.12. The van der Waals surface area contributed by atoms with Crippen LogP contribution in [0.25, 0.3) is 0 Å². The van der Waals surface area contributed by atoms with Gasteiger partial charge in [0, 0.05) is 32.7 Å². The van der Waals surface area contributed by atoms with Gasteiger partial charge in [-0.2, -0.15) is 0 Å². The lowest BCUT2D eigenvalue weighted by atomic mass is 10.2. The van der Waals surface area contributed by atoms with Crippen LogP contribution in [-0.2, 0) is 17.7 Å². The van der Waals surface area contributed by atoms with Crippen molar-refractivity contribution in [3.8, 4) is 11.5 Å². The van der Waals surface area contributed by atoms with E-state index >= 15 is 0 Å². The number of aliphatic imine (C=N–C) groups is 1. The molecule has 2 rings (SSSR count). The normalized spacial score (nSPS) is 11.3. The molecule has 1 aromatic heterocycles. The Kier molecular flexibility index (Phi) is 9.79. The maximum absolute atomic E-state index is 5.38. The SMILES string of the molecule is CCOCCCNC(=NCc1ccc(OC)c(OC)c1)NCCc1ccco1. The minimum absolute atomic E-state index is 0.530. The summed E-state index contributed by atoms with van der Waals surface area (Å²) in [6.45, 7) is 5.53. The molecule has 7 heteroatoms. The number of rotatable bonds is 12. The maximum atomic E-state index is 5.38. The van der Waals surface area contributed by atoms with E-state index in [9.17, 15) is 0 Å². The zero-order valence-corrected chi connectivity index (χ0v) is 17.0. The van der Waals surface area contributed by atoms with E-state index in [4.69, 9.17) is 18.6 Å². The van der Waals surface area contributed by atoms with Gasteiger partial charge < -0.3 is 29.3 Å². The molecule has 0 amide bonds. The molecule has 0 bridgehead atoms. The van der Waals surface area contributed by atoms with Gasteiger partial charge in [-0.15, -0.1) is 0 Å². The smallest absolute Gasteiger partial charge is 0.191 e. The summed E-state index contributed by atoms with van der Waals surface area (Å²) >= 11 is 0. The molecule has 0 atom stereocenters. The number of nitrogens with one attached hydrogen (secondary N) is 2. The quantitative estimate of drug-likeness (QED) is 0.330. The van der Waals surface area contributed by atoms with Crippen LogP contribution in [0.15, 0.2) is 46.0 Å². The summed E-state index contributed by atoms with van der Waals surface area (Å²) in [5.41, 5.74) is 1.04. The molecule has 154 valence electrons. The fourth-order valence-corrected chi connectivity index (χ4v) is 2.61. The van der Waals surface area contributed by atoms with E-state index in [2.05, 4.69) is 15.6 Å². The predicted octanol–water partition coefficient (Wildman–Crippen LogP) is 3.00. The van der Waals surface area contributed by atoms with E-state index in [1.807, 2.05) is 37.3 Å². The number of nitrogens with zero attached hydrogens (tertiary/aromatic N) is 1. The lowest BCUT2D eigenvalue weighted by Gasteiger charge is -2.13. The third-order valence-electron chi connectivity index (χ3n) is 4.07. The van der Waals surface area contributed by atoms with Gasteiger partial charge in [-0.3, -0.25) is 0 Å². The van der Waals surface area contributed by atoms with Gasteiger partial charge in [0.2, 0.25) is 0 Å². The van der Waals surface area contributed by atoms with E-state index in [0.29, 0.717) is 18.0 Å². The molecular formula is C21H31N3O4. The van der Waals surface area contributed by atoms with E-state index in [1.54, 1.807) is 20.5 Å². The van der Waals surface area contributed by atoms with Gasteiger partial charge in [0.15, 0.2) is 17.5 Å². The largest absolute Gasteiger partial charge is 0.493 e. The Balaban J connectivity index is 1.93. The molecule has 0 aliphatic carbocycles. The van der Waals surface area contributed by atoms with E-state index in [0.717, 1.165) is 56.4 Å². The predicted molar refractivity (Wildman–Crippen MR) is 110 cm³/mol. The number of hydrogen-bond donors (Lipinski definition) is 2. The van der Waals surface area contributed by atoms with Crippen LogP contribution < -0.4 is 20.1 Å². The van der Waals surface area contributed by atoms with Crippen LogP contribution in [0, 0.1) is 0 Å². The fraction of sp³-hybridized carbons (Fsp3) is 0.476. The molecular weight excluding hydrogens is 358 g/mol. The van der Waals surface area contributed by atoms with Gasteiger partial charge in [0.1, 0.15) is 5.76 Å². The van der Waals surface area contributed by atoms with Crippen LogP contribution >= 0.6 is 0 Å². The Morgan fingerprint density at radius 2 is 1.89 bits per heavy atom. The second-order valence-corrected chi connectivity index (χ2v) is 6.09. The molecule has 0 aliphatic rings. The van der Waals surface area contributed by atoms with Crippen LogP contribution in [0.4, 0.5) is 0 Å². The average Bonchev–Trinajstić information content (AvgIpc) is 3.24. The highest BCUT2D eigenvalue weighted by atomic mass is 16.5. The first-order valence-electron chi connectivity index (χ1n) is 9.60. The summed E-state index contributed by atoms with van der Waals surface area (Å²) in [5, 5.41) is 6.70. The first kappa shape index (κ1) is 21.6. The van der Waals surface area contributed by atoms with Crippen molar-refractivity contribution in [3.05, 3.63) is 47.9 Å². The molecule has 2 N–H and O–H groups in total. The average molecular weight is 389 g/mol. The molecule has 0 aliphatic heterocycles. The van der Waals surface area contributed by atoms with Crippen LogP contribution in [-0.4, -0.2) is 46.5 Å². The molecule has 7 nitrogen and oxygen atoms in total. The minimum Gasteiger partial charge on any atom is -0.493 e. The highest BCUT2D eigenvalue weighted by Crippen LogP contribution is 2.27. The first-order chi connectivity index (χ1) is 13.8. The molecule has 0 unspecified atom stereocenters. The molecule has 2 aromatic rings. The number of furan rings is 1. The van der Waals surface area contributed by atoms with Gasteiger partial charge in [-0.05, 0) is 43.2 Å². The number of benzene rings is 1. The Bertz CT molecular complexity index is 702. The molecule has 0 fully saturated rings. The van der Waals surface area contributed by atoms with Crippen LogP contribution in [0.3, 0.4) is 0 Å². The third kappa shape index (κ3) is 7.52. The van der Waals surface area contributed by atoms with Crippen molar-refractivity contribution in [2.24, 2.45) is 4.99 Å². The van der Waals surface area contributed by atoms with Crippen molar-refractivity contribution >= 4 is 5.96 Å². The number of hydrogen-bond acceptors (Lipinski definition) is 5. The standard InChI is InChI=1S/C21H31N3O4/c1-4-27-13-6-11-22-21(23-12-10-18-7-5-14-28-18)24-16-17-8-9-19(25-2)20(15-17)26-3/h5,7-9,14-15H,4,6,10-13,16H2,1-3H3,(H2,22,23,24). The monoisotopic (exact) mass is 389 g/mol. The maximum Gasteiger partial charge on any atom is 0.191 e. The highest BCUT2D eigenvalue weighted by molar-refractivity contribution is 5.79. The Morgan fingerprint density at radius 3 is 2.61 bits per heavy atom. The highest BCUT2D eigenvalue weighted by Gasteiger charge is 2.05. The van der Waals surface area contributed by atoms with Gasteiger partial charge in [-0.1, -0.05) is 6.07 Å². The molecule has 0 radical (unpaired) electrons. The van der Waals surface area contributed by atoms with Crippen molar-refractivity contribution in [2.45, 2.75) is 26.3 Å². The lowest BCUT2D eigenvalue weighted by molar-refractivity contribution is 0.145. The molecule has 28 heavy (non-hydrogen) atoms. The number of ether oxygens (including phenoxy) is 3. The number of guanidine groups is 1. The topological polar surface area (TPSA) is 77.2 Å². The fourth-order valence-electron chi connectivity index (χ4n) is 2.61.